The van der Waals surface area contributed by atoms with E-state index in [1.807, 2.05) is 12.1 Å². The second-order valence-corrected chi connectivity index (χ2v) is 9.42. The van der Waals surface area contributed by atoms with Crippen LogP contribution in [0.15, 0.2) is 83.9 Å². The van der Waals surface area contributed by atoms with Crippen molar-refractivity contribution < 1.29 is 17.9 Å². The normalized spacial score (nSPS) is 11.2. The van der Waals surface area contributed by atoms with Crippen molar-refractivity contribution in [2.75, 3.05) is 23.8 Å². The molecule has 0 unspecified atom stereocenters. The maximum atomic E-state index is 13.4. The topological polar surface area (TPSA) is 88.6 Å². The number of anilines is 2. The summed E-state index contributed by atoms with van der Waals surface area (Å²) in [5.41, 5.74) is 2.68. The molecule has 1 heterocycles. The van der Waals surface area contributed by atoms with Crippen LogP contribution < -0.4 is 14.4 Å². The first-order chi connectivity index (χ1) is 15.8. The molecule has 0 fully saturated rings. The van der Waals surface area contributed by atoms with Crippen molar-refractivity contribution in [3.63, 3.8) is 0 Å². The molecule has 0 atom stereocenters. The molecular formula is C25H23N3O4S. The SMILES string of the molecule is COc1ccccc1N(C)S(=O)(=O)c1ccc(C)c(C(=O)Nc2cccc3ncccc23)c1. The number of para-hydroxylation sites is 2. The Kier molecular flexibility index (Phi) is 6.02. The number of hydrogen-bond acceptors (Lipinski definition) is 5. The van der Waals surface area contributed by atoms with Crippen molar-refractivity contribution in [3.8, 4) is 5.75 Å². The molecule has 0 radical (unpaired) electrons. The maximum absolute atomic E-state index is 13.4. The van der Waals surface area contributed by atoms with Crippen LogP contribution in [0.3, 0.4) is 0 Å². The van der Waals surface area contributed by atoms with Crippen molar-refractivity contribution >= 4 is 38.2 Å². The third kappa shape index (κ3) is 4.25. The molecule has 1 aromatic heterocycles. The van der Waals surface area contributed by atoms with Crippen LogP contribution >= 0.6 is 0 Å². The number of methoxy groups -OCH3 is 1. The van der Waals surface area contributed by atoms with Gasteiger partial charge in [-0.1, -0.05) is 24.3 Å². The molecule has 0 aliphatic rings. The molecular weight excluding hydrogens is 438 g/mol. The lowest BCUT2D eigenvalue weighted by Gasteiger charge is -2.22. The van der Waals surface area contributed by atoms with Crippen molar-refractivity contribution in [2.45, 2.75) is 11.8 Å². The molecule has 1 amide bonds. The summed E-state index contributed by atoms with van der Waals surface area (Å²) in [6.07, 6.45) is 1.69. The highest BCUT2D eigenvalue weighted by Gasteiger charge is 2.25. The lowest BCUT2D eigenvalue weighted by atomic mass is 10.1. The number of amides is 1. The molecule has 33 heavy (non-hydrogen) atoms. The smallest absolute Gasteiger partial charge is 0.264 e. The van der Waals surface area contributed by atoms with Gasteiger partial charge in [-0.25, -0.2) is 8.42 Å². The van der Waals surface area contributed by atoms with Crippen LogP contribution in [0.25, 0.3) is 10.9 Å². The summed E-state index contributed by atoms with van der Waals surface area (Å²) < 4.78 is 33.2. The molecule has 0 aliphatic heterocycles. The molecule has 8 heteroatoms. The van der Waals surface area contributed by atoms with Crippen molar-refractivity contribution in [2.24, 2.45) is 0 Å². The van der Waals surface area contributed by atoms with Gasteiger partial charge in [0.05, 0.1) is 28.9 Å². The zero-order valence-corrected chi connectivity index (χ0v) is 19.3. The van der Waals surface area contributed by atoms with E-state index < -0.39 is 15.9 Å². The van der Waals surface area contributed by atoms with E-state index in [2.05, 4.69) is 10.3 Å². The average molecular weight is 462 g/mol. The fraction of sp³-hybridized carbons (Fsp3) is 0.120. The zero-order chi connectivity index (χ0) is 23.6. The summed E-state index contributed by atoms with van der Waals surface area (Å²) in [5, 5.41) is 3.69. The first-order valence-corrected chi connectivity index (χ1v) is 11.6. The number of rotatable bonds is 6. The summed E-state index contributed by atoms with van der Waals surface area (Å²) in [7, 11) is -1.00. The van der Waals surface area contributed by atoms with Crippen LogP contribution in [-0.4, -0.2) is 33.5 Å². The minimum Gasteiger partial charge on any atom is -0.495 e. The van der Waals surface area contributed by atoms with Gasteiger partial charge in [-0.15, -0.1) is 0 Å². The summed E-state index contributed by atoms with van der Waals surface area (Å²) in [4.78, 5) is 17.4. The molecule has 168 valence electrons. The van der Waals surface area contributed by atoms with Gasteiger partial charge >= 0.3 is 0 Å². The Morgan fingerprint density at radius 2 is 1.79 bits per heavy atom. The van der Waals surface area contributed by atoms with E-state index in [4.69, 9.17) is 4.74 Å². The number of ether oxygens (including phenoxy) is 1. The van der Waals surface area contributed by atoms with E-state index in [0.717, 1.165) is 15.2 Å². The van der Waals surface area contributed by atoms with Crippen LogP contribution in [0.2, 0.25) is 0 Å². The van der Waals surface area contributed by atoms with E-state index in [-0.39, 0.29) is 10.5 Å². The fourth-order valence-electron chi connectivity index (χ4n) is 3.59. The Hall–Kier alpha value is -3.91. The highest BCUT2D eigenvalue weighted by molar-refractivity contribution is 7.92. The molecule has 7 nitrogen and oxygen atoms in total. The monoisotopic (exact) mass is 461 g/mol. The zero-order valence-electron chi connectivity index (χ0n) is 18.4. The van der Waals surface area contributed by atoms with Crippen molar-refractivity contribution in [3.05, 3.63) is 90.1 Å². The third-order valence-electron chi connectivity index (χ3n) is 5.43. The van der Waals surface area contributed by atoms with Crippen molar-refractivity contribution in [1.82, 2.24) is 4.98 Å². The standard InChI is InChI=1S/C25H23N3O4S/c1-17-13-14-18(33(30,31)28(2)23-11-4-5-12-24(23)32-3)16-20(17)25(29)27-22-10-6-9-21-19(22)8-7-15-26-21/h4-16H,1-3H3,(H,27,29). The van der Waals surface area contributed by atoms with Gasteiger partial charge in [0, 0.05) is 24.2 Å². The summed E-state index contributed by atoms with van der Waals surface area (Å²) >= 11 is 0. The first-order valence-electron chi connectivity index (χ1n) is 10.2. The summed E-state index contributed by atoms with van der Waals surface area (Å²) in [6.45, 7) is 1.76. The largest absolute Gasteiger partial charge is 0.495 e. The van der Waals surface area contributed by atoms with Gasteiger partial charge in [0.25, 0.3) is 15.9 Å². The number of nitrogens with zero attached hydrogens (tertiary/aromatic N) is 2. The van der Waals surface area contributed by atoms with Crippen LogP contribution in [0.1, 0.15) is 15.9 Å². The number of hydrogen-bond donors (Lipinski definition) is 1. The fourth-order valence-corrected chi connectivity index (χ4v) is 4.82. The van der Waals surface area contributed by atoms with Crippen LogP contribution in [0.5, 0.6) is 5.75 Å². The lowest BCUT2D eigenvalue weighted by molar-refractivity contribution is 0.102. The first kappa shape index (κ1) is 22.3. The van der Waals surface area contributed by atoms with E-state index in [1.54, 1.807) is 61.7 Å². The number of pyridine rings is 1. The molecule has 0 aliphatic carbocycles. The number of aromatic nitrogens is 1. The predicted octanol–water partition coefficient (Wildman–Crippen LogP) is 4.63. The highest BCUT2D eigenvalue weighted by atomic mass is 32.2. The number of fused-ring (bicyclic) bond motifs is 1. The molecule has 0 spiro atoms. The average Bonchev–Trinajstić information content (AvgIpc) is 2.83. The maximum Gasteiger partial charge on any atom is 0.264 e. The lowest BCUT2D eigenvalue weighted by Crippen LogP contribution is -2.27. The van der Waals surface area contributed by atoms with E-state index in [9.17, 15) is 13.2 Å². The quantitative estimate of drug-likeness (QED) is 0.452. The molecule has 0 saturated heterocycles. The second-order valence-electron chi connectivity index (χ2n) is 7.45. The van der Waals surface area contributed by atoms with Gasteiger partial charge < -0.3 is 10.1 Å². The van der Waals surface area contributed by atoms with Crippen LogP contribution in [0.4, 0.5) is 11.4 Å². The molecule has 1 N–H and O–H groups in total. The van der Waals surface area contributed by atoms with Gasteiger partial charge in [-0.05, 0) is 61.0 Å². The predicted molar refractivity (Wildman–Crippen MR) is 129 cm³/mol. The minimum atomic E-state index is -3.94. The molecule has 3 aromatic carbocycles. The Balaban J connectivity index is 1.69. The van der Waals surface area contributed by atoms with Crippen LogP contribution in [0, 0.1) is 6.92 Å². The number of sulfonamides is 1. The number of benzene rings is 3. The Bertz CT molecular complexity index is 1450. The molecule has 0 saturated carbocycles. The summed E-state index contributed by atoms with van der Waals surface area (Å²) in [6, 6.07) is 20.5. The number of carbonyl (C=O) groups excluding carboxylic acids is 1. The van der Waals surface area contributed by atoms with Gasteiger partial charge in [0.15, 0.2) is 0 Å². The van der Waals surface area contributed by atoms with Gasteiger partial charge in [0.2, 0.25) is 0 Å². The Morgan fingerprint density at radius 1 is 1.00 bits per heavy atom. The highest BCUT2D eigenvalue weighted by Crippen LogP contribution is 2.31. The molecule has 0 bridgehead atoms. The second kappa shape index (κ2) is 8.91. The van der Waals surface area contributed by atoms with Crippen LogP contribution in [-0.2, 0) is 10.0 Å². The molecule has 4 rings (SSSR count). The number of nitrogens with one attached hydrogen (secondary N) is 1. The van der Waals surface area contributed by atoms with Gasteiger partial charge in [-0.3, -0.25) is 14.1 Å². The minimum absolute atomic E-state index is 0.00578. The number of aryl methyl sites for hydroxylation is 1. The van der Waals surface area contributed by atoms with E-state index in [1.165, 1.54) is 26.3 Å². The van der Waals surface area contributed by atoms with Gasteiger partial charge in [0.1, 0.15) is 5.75 Å². The van der Waals surface area contributed by atoms with E-state index in [0.29, 0.717) is 22.7 Å². The third-order valence-corrected chi connectivity index (χ3v) is 7.20. The Morgan fingerprint density at radius 3 is 2.58 bits per heavy atom. The summed E-state index contributed by atoms with van der Waals surface area (Å²) in [5.74, 6) is 0.0269. The van der Waals surface area contributed by atoms with Gasteiger partial charge in [-0.2, -0.15) is 0 Å². The molecule has 4 aromatic rings. The van der Waals surface area contributed by atoms with E-state index >= 15 is 0 Å². The Labute approximate surface area is 192 Å². The number of carbonyl (C=O) groups is 1. The van der Waals surface area contributed by atoms with Crippen molar-refractivity contribution in [1.29, 1.82) is 0 Å².